The number of likely N-dealkylation sites (N-methyl/N-ethyl adjacent to an activating group) is 1. The van der Waals surface area contributed by atoms with Crippen molar-refractivity contribution in [2.24, 2.45) is 0 Å². The van der Waals surface area contributed by atoms with E-state index in [-0.39, 0.29) is 18.3 Å². The third-order valence-corrected chi connectivity index (χ3v) is 4.03. The summed E-state index contributed by atoms with van der Waals surface area (Å²) in [6, 6.07) is 5.74. The molecule has 2 rings (SSSR count). The molecule has 0 atom stereocenters. The second-order valence-corrected chi connectivity index (χ2v) is 5.71. The van der Waals surface area contributed by atoms with Gasteiger partial charge >= 0.3 is 0 Å². The van der Waals surface area contributed by atoms with E-state index >= 15 is 0 Å². The van der Waals surface area contributed by atoms with Gasteiger partial charge in [-0.05, 0) is 46.7 Å². The minimum atomic E-state index is 0. The number of halogens is 2. The van der Waals surface area contributed by atoms with Crippen molar-refractivity contribution in [2.75, 3.05) is 40.3 Å². The summed E-state index contributed by atoms with van der Waals surface area (Å²) in [5.74, 6) is 0.859. The number of ether oxygens (including phenoxy) is 1. The average molecular weight is 376 g/mol. The molecule has 1 aromatic rings. The molecule has 6 heteroatoms. The Morgan fingerprint density at radius 3 is 2.52 bits per heavy atom. The molecule has 1 heterocycles. The van der Waals surface area contributed by atoms with Gasteiger partial charge in [-0.1, -0.05) is 6.07 Å². The van der Waals surface area contributed by atoms with Crippen LogP contribution >= 0.6 is 28.3 Å². The van der Waals surface area contributed by atoms with Crippen LogP contribution in [0.4, 0.5) is 0 Å². The molecule has 1 fully saturated rings. The first-order valence-electron chi connectivity index (χ1n) is 6.59. The number of methoxy groups -OCH3 is 1. The molecule has 1 amide bonds. The van der Waals surface area contributed by atoms with Crippen LogP contribution in [0.5, 0.6) is 5.75 Å². The summed E-state index contributed by atoms with van der Waals surface area (Å²) in [6.07, 6.45) is 3.48. The van der Waals surface area contributed by atoms with Crippen LogP contribution in [0.15, 0.2) is 28.7 Å². The zero-order chi connectivity index (χ0) is 14.5. The first-order chi connectivity index (χ1) is 9.60. The lowest BCUT2D eigenvalue weighted by Gasteiger charge is -2.31. The molecule has 0 bridgehead atoms. The average Bonchev–Trinajstić information content (AvgIpc) is 2.45. The topological polar surface area (TPSA) is 32.8 Å². The second kappa shape index (κ2) is 8.41. The van der Waals surface area contributed by atoms with Gasteiger partial charge in [-0.3, -0.25) is 4.79 Å². The molecule has 0 N–H and O–H groups in total. The van der Waals surface area contributed by atoms with Gasteiger partial charge in [-0.2, -0.15) is 0 Å². The van der Waals surface area contributed by atoms with Gasteiger partial charge in [0, 0.05) is 32.3 Å². The maximum atomic E-state index is 12.1. The first kappa shape index (κ1) is 18.0. The Morgan fingerprint density at radius 1 is 1.29 bits per heavy atom. The van der Waals surface area contributed by atoms with Crippen molar-refractivity contribution in [3.63, 3.8) is 0 Å². The summed E-state index contributed by atoms with van der Waals surface area (Å²) in [5, 5.41) is 0. The zero-order valence-corrected chi connectivity index (χ0v) is 14.6. The van der Waals surface area contributed by atoms with Crippen LogP contribution in [0.1, 0.15) is 5.56 Å². The Hall–Kier alpha value is -1.04. The highest BCUT2D eigenvalue weighted by molar-refractivity contribution is 9.10. The highest BCUT2D eigenvalue weighted by Gasteiger charge is 2.16. The minimum Gasteiger partial charge on any atom is -0.496 e. The molecule has 21 heavy (non-hydrogen) atoms. The minimum absolute atomic E-state index is 0. The van der Waals surface area contributed by atoms with E-state index in [4.69, 9.17) is 4.74 Å². The summed E-state index contributed by atoms with van der Waals surface area (Å²) >= 11 is 3.44. The van der Waals surface area contributed by atoms with E-state index in [1.54, 1.807) is 13.2 Å². The molecular weight excluding hydrogens is 356 g/mol. The summed E-state index contributed by atoms with van der Waals surface area (Å²) < 4.78 is 6.06. The molecule has 0 unspecified atom stereocenters. The van der Waals surface area contributed by atoms with Crippen LogP contribution in [0.3, 0.4) is 0 Å². The number of hydrogen-bond acceptors (Lipinski definition) is 3. The molecule has 1 saturated heterocycles. The van der Waals surface area contributed by atoms with Gasteiger partial charge in [-0.25, -0.2) is 0 Å². The van der Waals surface area contributed by atoms with E-state index in [1.807, 2.05) is 29.2 Å². The number of rotatable bonds is 3. The molecule has 1 aliphatic rings. The standard InChI is InChI=1S/C15H19BrN2O2.ClH/c1-17-7-9-18(10-8-17)15(19)6-4-12-3-5-14(20-2)13(16)11-12;/h3-6,11H,7-10H2,1-2H3;1H. The van der Waals surface area contributed by atoms with E-state index in [0.29, 0.717) is 0 Å². The SMILES string of the molecule is COc1ccc(C=CC(=O)N2CCN(C)CC2)cc1Br.Cl. The molecule has 0 aliphatic carbocycles. The lowest BCUT2D eigenvalue weighted by atomic mass is 10.2. The fraction of sp³-hybridized carbons (Fsp3) is 0.400. The predicted molar refractivity (Wildman–Crippen MR) is 91.1 cm³/mol. The van der Waals surface area contributed by atoms with Crippen LogP contribution in [0, 0.1) is 0 Å². The Bertz CT molecular complexity index is 514. The molecule has 0 spiro atoms. The third kappa shape index (κ3) is 5.02. The number of carbonyl (C=O) groups is 1. The number of hydrogen-bond donors (Lipinski definition) is 0. The molecule has 0 radical (unpaired) electrons. The largest absolute Gasteiger partial charge is 0.496 e. The van der Waals surface area contributed by atoms with Gasteiger partial charge in [0.2, 0.25) is 5.91 Å². The Kier molecular flexibility index (Phi) is 7.22. The van der Waals surface area contributed by atoms with Crippen molar-refractivity contribution in [1.29, 1.82) is 0 Å². The van der Waals surface area contributed by atoms with Crippen LogP contribution in [0.25, 0.3) is 6.08 Å². The number of nitrogens with zero attached hydrogens (tertiary/aromatic N) is 2. The third-order valence-electron chi connectivity index (χ3n) is 3.41. The molecule has 0 aromatic heterocycles. The van der Waals surface area contributed by atoms with Crippen LogP contribution in [-0.2, 0) is 4.79 Å². The summed E-state index contributed by atoms with van der Waals surface area (Å²) in [6.45, 7) is 3.47. The molecular formula is C15H20BrClN2O2. The van der Waals surface area contributed by atoms with Gasteiger partial charge < -0.3 is 14.5 Å². The second-order valence-electron chi connectivity index (χ2n) is 4.86. The van der Waals surface area contributed by atoms with Crippen molar-refractivity contribution in [2.45, 2.75) is 0 Å². The van der Waals surface area contributed by atoms with Crippen molar-refractivity contribution < 1.29 is 9.53 Å². The van der Waals surface area contributed by atoms with Gasteiger partial charge in [0.25, 0.3) is 0 Å². The number of piperazine rings is 1. The highest BCUT2D eigenvalue weighted by atomic mass is 79.9. The van der Waals surface area contributed by atoms with Crippen LogP contribution in [0.2, 0.25) is 0 Å². The molecule has 116 valence electrons. The number of amides is 1. The maximum absolute atomic E-state index is 12.1. The Balaban J connectivity index is 0.00000220. The van der Waals surface area contributed by atoms with Gasteiger partial charge in [0.1, 0.15) is 5.75 Å². The van der Waals surface area contributed by atoms with Gasteiger partial charge in [0.15, 0.2) is 0 Å². The molecule has 1 aliphatic heterocycles. The first-order valence-corrected chi connectivity index (χ1v) is 7.38. The molecule has 4 nitrogen and oxygen atoms in total. The lowest BCUT2D eigenvalue weighted by molar-refractivity contribution is -0.127. The Labute approximate surface area is 140 Å². The molecule has 0 saturated carbocycles. The van der Waals surface area contributed by atoms with Crippen molar-refractivity contribution in [1.82, 2.24) is 9.80 Å². The fourth-order valence-corrected chi connectivity index (χ4v) is 2.64. The van der Waals surface area contributed by atoms with Crippen molar-refractivity contribution in [3.05, 3.63) is 34.3 Å². The summed E-state index contributed by atoms with van der Waals surface area (Å²) in [4.78, 5) is 16.2. The quantitative estimate of drug-likeness (QED) is 0.762. The van der Waals surface area contributed by atoms with Crippen molar-refractivity contribution >= 4 is 40.3 Å². The zero-order valence-electron chi connectivity index (χ0n) is 12.2. The maximum Gasteiger partial charge on any atom is 0.246 e. The van der Waals surface area contributed by atoms with Crippen LogP contribution < -0.4 is 4.74 Å². The van der Waals surface area contributed by atoms with E-state index in [0.717, 1.165) is 42.0 Å². The summed E-state index contributed by atoms with van der Waals surface area (Å²) in [5.41, 5.74) is 0.972. The van der Waals surface area contributed by atoms with Crippen LogP contribution in [-0.4, -0.2) is 56.0 Å². The summed E-state index contributed by atoms with van der Waals surface area (Å²) in [7, 11) is 3.71. The fourth-order valence-electron chi connectivity index (χ4n) is 2.09. The highest BCUT2D eigenvalue weighted by Crippen LogP contribution is 2.25. The smallest absolute Gasteiger partial charge is 0.246 e. The van der Waals surface area contributed by atoms with E-state index in [2.05, 4.69) is 27.9 Å². The van der Waals surface area contributed by atoms with E-state index < -0.39 is 0 Å². The monoisotopic (exact) mass is 374 g/mol. The van der Waals surface area contributed by atoms with Gasteiger partial charge in [0.05, 0.1) is 11.6 Å². The lowest BCUT2D eigenvalue weighted by Crippen LogP contribution is -2.46. The van der Waals surface area contributed by atoms with E-state index in [1.165, 1.54) is 0 Å². The number of benzene rings is 1. The number of carbonyl (C=O) groups excluding carboxylic acids is 1. The predicted octanol–water partition coefficient (Wildman–Crippen LogP) is 2.67. The Morgan fingerprint density at radius 2 is 1.95 bits per heavy atom. The van der Waals surface area contributed by atoms with E-state index in [9.17, 15) is 4.79 Å². The van der Waals surface area contributed by atoms with Gasteiger partial charge in [-0.15, -0.1) is 12.4 Å². The van der Waals surface area contributed by atoms with Crippen molar-refractivity contribution in [3.8, 4) is 5.75 Å². The molecule has 1 aromatic carbocycles. The normalized spacial score (nSPS) is 15.9.